The monoisotopic (exact) mass is 398 g/mol. The molecular weight excluding hydrogens is 380 g/mol. The van der Waals surface area contributed by atoms with Crippen LogP contribution in [-0.4, -0.2) is 57.2 Å². The van der Waals surface area contributed by atoms with Gasteiger partial charge in [0.2, 0.25) is 0 Å². The van der Waals surface area contributed by atoms with Gasteiger partial charge in [0.25, 0.3) is 0 Å². The Hall–Kier alpha value is -3.13. The zero-order valence-corrected chi connectivity index (χ0v) is 15.8. The number of nitrogens with one attached hydrogen (secondary N) is 1. The lowest BCUT2D eigenvalue weighted by atomic mass is 10.1. The van der Waals surface area contributed by atoms with Gasteiger partial charge in [0.05, 0.1) is 28.6 Å². The predicted molar refractivity (Wildman–Crippen MR) is 108 cm³/mol. The Balaban J connectivity index is 1.51. The largest absolute Gasteiger partial charge is 0.465 e. The molecule has 1 amide bonds. The van der Waals surface area contributed by atoms with Crippen LogP contribution in [0.1, 0.15) is 5.56 Å². The van der Waals surface area contributed by atoms with Gasteiger partial charge in [-0.1, -0.05) is 11.6 Å². The third-order valence-electron chi connectivity index (χ3n) is 4.80. The van der Waals surface area contributed by atoms with Crippen LogP contribution in [0, 0.1) is 0 Å². The number of amides is 1. The minimum Gasteiger partial charge on any atom is -0.465 e. The molecule has 0 spiro atoms. The first kappa shape index (κ1) is 18.2. The fraction of sp³-hybridized carbons (Fsp3) is 0.263. The van der Waals surface area contributed by atoms with Gasteiger partial charge in [-0.05, 0) is 23.8 Å². The lowest BCUT2D eigenvalue weighted by Gasteiger charge is -2.35. The van der Waals surface area contributed by atoms with Crippen molar-refractivity contribution in [2.24, 2.45) is 0 Å². The van der Waals surface area contributed by atoms with Crippen molar-refractivity contribution in [3.8, 4) is 0 Å². The second-order valence-corrected chi connectivity index (χ2v) is 6.90. The number of aromatic nitrogens is 3. The summed E-state index contributed by atoms with van der Waals surface area (Å²) in [7, 11) is 0. The fourth-order valence-electron chi connectivity index (χ4n) is 3.29. The Morgan fingerprint density at radius 3 is 2.54 bits per heavy atom. The van der Waals surface area contributed by atoms with Crippen LogP contribution < -0.4 is 10.2 Å². The van der Waals surface area contributed by atoms with Gasteiger partial charge in [-0.15, -0.1) is 0 Å². The first-order valence-corrected chi connectivity index (χ1v) is 9.29. The highest BCUT2D eigenvalue weighted by molar-refractivity contribution is 6.32. The molecule has 144 valence electrons. The second kappa shape index (κ2) is 7.85. The molecule has 0 bridgehead atoms. The van der Waals surface area contributed by atoms with E-state index < -0.39 is 6.09 Å². The summed E-state index contributed by atoms with van der Waals surface area (Å²) >= 11 is 6.41. The van der Waals surface area contributed by atoms with Crippen molar-refractivity contribution in [2.75, 3.05) is 36.4 Å². The molecule has 0 aliphatic carbocycles. The number of carbonyl (C=O) groups is 1. The number of rotatable bonds is 4. The average Bonchev–Trinajstić information content (AvgIpc) is 2.72. The van der Waals surface area contributed by atoms with Crippen LogP contribution in [0.2, 0.25) is 5.02 Å². The van der Waals surface area contributed by atoms with Crippen molar-refractivity contribution in [1.82, 2.24) is 19.9 Å². The van der Waals surface area contributed by atoms with E-state index in [9.17, 15) is 4.79 Å². The first-order chi connectivity index (χ1) is 13.6. The van der Waals surface area contributed by atoms with Crippen molar-refractivity contribution >= 4 is 40.1 Å². The van der Waals surface area contributed by atoms with Crippen molar-refractivity contribution in [3.05, 3.63) is 53.6 Å². The zero-order chi connectivity index (χ0) is 19.5. The minimum absolute atomic E-state index is 0.478. The van der Waals surface area contributed by atoms with Crippen LogP contribution >= 0.6 is 11.6 Å². The maximum Gasteiger partial charge on any atom is 0.407 e. The molecule has 1 fully saturated rings. The van der Waals surface area contributed by atoms with E-state index in [2.05, 4.69) is 25.2 Å². The minimum atomic E-state index is -0.873. The van der Waals surface area contributed by atoms with Gasteiger partial charge in [0, 0.05) is 56.3 Å². The number of hydrogen-bond donors (Lipinski definition) is 2. The van der Waals surface area contributed by atoms with Crippen LogP contribution in [0.15, 0.2) is 43.0 Å². The average molecular weight is 399 g/mol. The quantitative estimate of drug-likeness (QED) is 0.697. The summed E-state index contributed by atoms with van der Waals surface area (Å²) in [5.41, 5.74) is 4.34. The van der Waals surface area contributed by atoms with Crippen LogP contribution in [0.3, 0.4) is 0 Å². The summed E-state index contributed by atoms with van der Waals surface area (Å²) < 4.78 is 0. The summed E-state index contributed by atoms with van der Waals surface area (Å²) in [5.74, 6) is 0. The van der Waals surface area contributed by atoms with Gasteiger partial charge >= 0.3 is 6.09 Å². The van der Waals surface area contributed by atoms with Crippen molar-refractivity contribution in [3.63, 3.8) is 0 Å². The van der Waals surface area contributed by atoms with Crippen molar-refractivity contribution < 1.29 is 9.90 Å². The van der Waals surface area contributed by atoms with Gasteiger partial charge in [-0.25, -0.2) is 4.79 Å². The van der Waals surface area contributed by atoms with Gasteiger partial charge in [0.1, 0.15) is 0 Å². The number of hydrogen-bond acceptors (Lipinski definition) is 6. The molecule has 1 aliphatic heterocycles. The van der Waals surface area contributed by atoms with E-state index in [0.717, 1.165) is 28.0 Å². The molecule has 0 radical (unpaired) electrons. The number of carboxylic acid groups (broad SMARTS) is 1. The standard InChI is InChI=1S/C19H19ClN6O2/c20-14-10-16-15(22-3-4-23-16)9-13(14)11-24-17-12-21-2-1-18(17)25-5-7-26(8-6-25)19(27)28/h1-4,9-10,12,24H,5-8,11H2,(H,27,28). The number of fused-ring (bicyclic) bond motifs is 1. The highest BCUT2D eigenvalue weighted by Crippen LogP contribution is 2.28. The molecule has 4 rings (SSSR count). The molecule has 0 saturated carbocycles. The maximum absolute atomic E-state index is 11.1. The molecule has 2 aromatic heterocycles. The molecule has 0 unspecified atom stereocenters. The Morgan fingerprint density at radius 2 is 1.82 bits per heavy atom. The van der Waals surface area contributed by atoms with Crippen LogP contribution in [0.5, 0.6) is 0 Å². The normalized spacial score (nSPS) is 14.3. The van der Waals surface area contributed by atoms with E-state index in [4.69, 9.17) is 16.7 Å². The SMILES string of the molecule is O=C(O)N1CCN(c2ccncc2NCc2cc3nccnc3cc2Cl)CC1. The smallest absolute Gasteiger partial charge is 0.407 e. The van der Waals surface area contributed by atoms with Gasteiger partial charge in [-0.2, -0.15) is 0 Å². The Kier molecular flexibility index (Phi) is 5.12. The van der Waals surface area contributed by atoms with Crippen LogP contribution in [-0.2, 0) is 6.54 Å². The number of halogens is 1. The Labute approximate surface area is 166 Å². The Morgan fingerprint density at radius 1 is 1.11 bits per heavy atom. The molecule has 1 aliphatic rings. The highest BCUT2D eigenvalue weighted by Gasteiger charge is 2.22. The second-order valence-electron chi connectivity index (χ2n) is 6.49. The number of anilines is 2. The zero-order valence-electron chi connectivity index (χ0n) is 15.0. The molecule has 28 heavy (non-hydrogen) atoms. The molecule has 1 saturated heterocycles. The summed E-state index contributed by atoms with van der Waals surface area (Å²) in [4.78, 5) is 27.5. The summed E-state index contributed by atoms with van der Waals surface area (Å²) in [6.07, 6.45) is 5.93. The molecule has 2 N–H and O–H groups in total. The summed E-state index contributed by atoms with van der Waals surface area (Å²) in [6.45, 7) is 2.74. The molecule has 9 heteroatoms. The van der Waals surface area contributed by atoms with E-state index in [1.807, 2.05) is 18.2 Å². The third-order valence-corrected chi connectivity index (χ3v) is 5.15. The number of piperazine rings is 1. The van der Waals surface area contributed by atoms with Crippen LogP contribution in [0.25, 0.3) is 11.0 Å². The molecule has 1 aromatic carbocycles. The first-order valence-electron chi connectivity index (χ1n) is 8.91. The molecule has 3 aromatic rings. The summed E-state index contributed by atoms with van der Waals surface area (Å²) in [6, 6.07) is 5.68. The van der Waals surface area contributed by atoms with E-state index in [-0.39, 0.29) is 0 Å². The van der Waals surface area contributed by atoms with Crippen LogP contribution in [0.4, 0.5) is 16.2 Å². The van der Waals surface area contributed by atoms with Gasteiger partial charge in [-0.3, -0.25) is 15.0 Å². The van der Waals surface area contributed by atoms with E-state index in [0.29, 0.717) is 37.7 Å². The lowest BCUT2D eigenvalue weighted by Crippen LogP contribution is -2.48. The molecule has 8 nitrogen and oxygen atoms in total. The Bertz CT molecular complexity index is 1010. The molecule has 3 heterocycles. The maximum atomic E-state index is 11.1. The molecular formula is C19H19ClN6O2. The highest BCUT2D eigenvalue weighted by atomic mass is 35.5. The van der Waals surface area contributed by atoms with E-state index in [1.54, 1.807) is 24.8 Å². The van der Waals surface area contributed by atoms with Gasteiger partial charge in [0.15, 0.2) is 0 Å². The van der Waals surface area contributed by atoms with Crippen molar-refractivity contribution in [2.45, 2.75) is 6.54 Å². The number of nitrogens with zero attached hydrogens (tertiary/aromatic N) is 5. The number of benzene rings is 1. The predicted octanol–water partition coefficient (Wildman–Crippen LogP) is 3.09. The fourth-order valence-corrected chi connectivity index (χ4v) is 3.52. The molecule has 0 atom stereocenters. The number of pyridine rings is 1. The van der Waals surface area contributed by atoms with E-state index >= 15 is 0 Å². The topological polar surface area (TPSA) is 94.5 Å². The van der Waals surface area contributed by atoms with Crippen molar-refractivity contribution in [1.29, 1.82) is 0 Å². The van der Waals surface area contributed by atoms with E-state index in [1.165, 1.54) is 4.90 Å². The van der Waals surface area contributed by atoms with Gasteiger partial charge < -0.3 is 20.2 Å². The third kappa shape index (κ3) is 3.77. The summed E-state index contributed by atoms with van der Waals surface area (Å²) in [5, 5.41) is 13.1. The lowest BCUT2D eigenvalue weighted by molar-refractivity contribution is 0.142.